The minimum atomic E-state index is 0.679. The van der Waals surface area contributed by atoms with E-state index < -0.39 is 0 Å². The molecule has 0 radical (unpaired) electrons. The van der Waals surface area contributed by atoms with Crippen molar-refractivity contribution >= 4 is 0 Å². The van der Waals surface area contributed by atoms with Gasteiger partial charge >= 0.3 is 0 Å². The topological polar surface area (TPSA) is 0 Å². The molecule has 7 rings (SSSR count). The molecule has 0 nitrogen and oxygen atoms in total. The van der Waals surface area contributed by atoms with Crippen LogP contribution in [-0.4, -0.2) is 0 Å². The fourth-order valence-corrected chi connectivity index (χ4v) is 14.4. The van der Waals surface area contributed by atoms with Gasteiger partial charge in [0, 0.05) is 0 Å². The summed E-state index contributed by atoms with van der Waals surface area (Å²) in [7, 11) is 0. The van der Waals surface area contributed by atoms with E-state index in [9.17, 15) is 0 Å². The Morgan fingerprint density at radius 2 is 0.672 bits per heavy atom. The minimum Gasteiger partial charge on any atom is -0.0654 e. The second-order valence-corrected chi connectivity index (χ2v) is 27.7. The van der Waals surface area contributed by atoms with E-state index >= 15 is 0 Å². The lowest BCUT2D eigenvalue weighted by Gasteiger charge is -2.28. The molecule has 0 amide bonds. The molecule has 0 N–H and O–H groups in total. The highest BCUT2D eigenvalue weighted by molar-refractivity contribution is 4.87. The standard InChI is InChI=1S/2C10H20.4C9H18.C8H16/c1-4-7-10(3)8-5-6-9(10)2;1-4-6-10(3)7-5-9(2)8-10;1-4-9(3)6-5-8(2)7-9;1-4-9(3)7-5-6-8(9)2;2*1-3-6-9(2)7-4-5-8-9;1-8(2)6-4-3-5-7-8/h2*9H,4-8H2,1-3H3;2*8H,4-7H2,1-3H3;2*3-8H2,1-2H3;3-7H2,1-2H3. The van der Waals surface area contributed by atoms with Crippen LogP contribution in [0.1, 0.15) is 349 Å². The fraction of sp³-hybridized carbons (Fsp3) is 1.00. The Hall–Kier alpha value is 0. The number of hydrogen-bond donors (Lipinski definition) is 0. The first-order valence-electron chi connectivity index (χ1n) is 29.9. The van der Waals surface area contributed by atoms with E-state index in [0.717, 1.165) is 34.5 Å². The third kappa shape index (κ3) is 24.0. The van der Waals surface area contributed by atoms with E-state index in [4.69, 9.17) is 0 Å². The van der Waals surface area contributed by atoms with Crippen LogP contribution in [0.4, 0.5) is 0 Å². The van der Waals surface area contributed by atoms with Gasteiger partial charge < -0.3 is 0 Å². The van der Waals surface area contributed by atoms with Crippen molar-refractivity contribution in [1.82, 2.24) is 0 Å². The van der Waals surface area contributed by atoms with Crippen LogP contribution >= 0.6 is 0 Å². The Morgan fingerprint density at radius 1 is 0.312 bits per heavy atom. The van der Waals surface area contributed by atoms with Gasteiger partial charge in [-0.1, -0.05) is 247 Å². The number of rotatable bonds is 10. The van der Waals surface area contributed by atoms with Crippen LogP contribution in [0.5, 0.6) is 0 Å². The molecule has 0 aromatic rings. The molecule has 7 aliphatic carbocycles. The maximum absolute atomic E-state index is 2.47. The summed E-state index contributed by atoms with van der Waals surface area (Å²) in [4.78, 5) is 0. The molecule has 64 heavy (non-hydrogen) atoms. The maximum Gasteiger partial charge on any atom is -0.0300 e. The van der Waals surface area contributed by atoms with Crippen molar-refractivity contribution in [3.05, 3.63) is 0 Å². The molecule has 0 aromatic carbocycles. The molecule has 0 aliphatic heterocycles. The Kier molecular flexibility index (Phi) is 29.6. The lowest BCUT2D eigenvalue weighted by atomic mass is 9.77. The third-order valence-electron chi connectivity index (χ3n) is 20.2. The summed E-state index contributed by atoms with van der Waals surface area (Å²) < 4.78 is 0. The summed E-state index contributed by atoms with van der Waals surface area (Å²) >= 11 is 0. The molecule has 0 saturated heterocycles. The average molecular weight is 898 g/mol. The Labute approximate surface area is 409 Å². The highest BCUT2D eigenvalue weighted by atomic mass is 14.4. The Morgan fingerprint density at radius 3 is 0.922 bits per heavy atom. The second-order valence-electron chi connectivity index (χ2n) is 27.7. The van der Waals surface area contributed by atoms with Gasteiger partial charge in [-0.25, -0.2) is 0 Å². The highest BCUT2D eigenvalue weighted by Crippen LogP contribution is 2.48. The first-order chi connectivity index (χ1) is 29.9. The largest absolute Gasteiger partial charge is 0.0654 e. The third-order valence-corrected chi connectivity index (χ3v) is 20.2. The smallest absolute Gasteiger partial charge is 0.0300 e. The zero-order valence-corrected chi connectivity index (χ0v) is 48.6. The Balaban J connectivity index is 0.000000374. The zero-order valence-electron chi connectivity index (χ0n) is 48.6. The quantitative estimate of drug-likeness (QED) is 0.205. The molecule has 8 unspecified atom stereocenters. The zero-order chi connectivity index (χ0) is 48.6. The van der Waals surface area contributed by atoms with Crippen LogP contribution < -0.4 is 0 Å². The van der Waals surface area contributed by atoms with Gasteiger partial charge in [0.05, 0.1) is 0 Å². The van der Waals surface area contributed by atoms with Gasteiger partial charge in [0.15, 0.2) is 0 Å². The minimum absolute atomic E-state index is 0.679. The molecule has 7 aliphatic rings. The monoisotopic (exact) mass is 897 g/mol. The first-order valence-corrected chi connectivity index (χ1v) is 29.9. The maximum atomic E-state index is 2.47. The van der Waals surface area contributed by atoms with E-state index in [1.54, 1.807) is 0 Å². The predicted octanol–water partition coefficient (Wildman–Crippen LogP) is 23.4. The molecular formula is C64H128. The van der Waals surface area contributed by atoms with Crippen molar-refractivity contribution in [3.8, 4) is 0 Å². The normalized spacial score (nSPS) is 35.3. The summed E-state index contributed by atoms with van der Waals surface area (Å²) in [6.07, 6.45) is 50.8. The highest BCUT2D eigenvalue weighted by Gasteiger charge is 2.36. The molecule has 0 spiro atoms. The van der Waals surface area contributed by atoms with Crippen LogP contribution in [0.15, 0.2) is 0 Å². The summed E-state index contributed by atoms with van der Waals surface area (Å²) in [5, 5.41) is 0. The van der Waals surface area contributed by atoms with Crippen molar-refractivity contribution < 1.29 is 0 Å². The fourth-order valence-electron chi connectivity index (χ4n) is 14.4. The second kappa shape index (κ2) is 30.6. The molecule has 0 heterocycles. The van der Waals surface area contributed by atoms with Crippen LogP contribution in [-0.2, 0) is 0 Å². The molecule has 7 fully saturated rings. The van der Waals surface area contributed by atoms with Crippen LogP contribution in [0, 0.1) is 61.6 Å². The van der Waals surface area contributed by atoms with Crippen LogP contribution in [0.2, 0.25) is 0 Å². The predicted molar refractivity (Wildman–Crippen MR) is 295 cm³/mol. The van der Waals surface area contributed by atoms with E-state index in [1.807, 2.05) is 0 Å². The summed E-state index contributed by atoms with van der Waals surface area (Å²) in [5.74, 6) is 3.95. The molecule has 8 atom stereocenters. The van der Waals surface area contributed by atoms with Gasteiger partial charge in [-0.2, -0.15) is 0 Å². The van der Waals surface area contributed by atoms with Gasteiger partial charge in [-0.15, -0.1) is 0 Å². The van der Waals surface area contributed by atoms with Crippen molar-refractivity contribution in [2.24, 2.45) is 61.6 Å². The van der Waals surface area contributed by atoms with Gasteiger partial charge in [-0.05, 0) is 164 Å². The lowest BCUT2D eigenvalue weighted by molar-refractivity contribution is 0.223. The SMILES string of the molecule is CC1(C)CCCCC1.CCC1(C)CCC(C)C1.CCC1(C)CCCC1C.CCCC1(C)CCC(C)C1.CCCC1(C)CCCC1.CCCC1(C)CCCC1.CCCC1(C)CCCC1C. The van der Waals surface area contributed by atoms with Crippen molar-refractivity contribution in [3.63, 3.8) is 0 Å². The Bertz CT molecular complexity index is 1090. The van der Waals surface area contributed by atoms with E-state index in [-0.39, 0.29) is 0 Å². The molecule has 7 saturated carbocycles. The van der Waals surface area contributed by atoms with E-state index in [1.165, 1.54) is 225 Å². The molecule has 0 aromatic heterocycles. The van der Waals surface area contributed by atoms with Crippen LogP contribution in [0.25, 0.3) is 0 Å². The van der Waals surface area contributed by atoms with Crippen molar-refractivity contribution in [2.75, 3.05) is 0 Å². The van der Waals surface area contributed by atoms with Crippen LogP contribution in [0.3, 0.4) is 0 Å². The average Bonchev–Trinajstić information content (AvgIpc) is 4.11. The summed E-state index contributed by atoms with van der Waals surface area (Å²) in [6.45, 7) is 42.9. The van der Waals surface area contributed by atoms with Gasteiger partial charge in [0.25, 0.3) is 0 Å². The van der Waals surface area contributed by atoms with Crippen molar-refractivity contribution in [2.45, 2.75) is 349 Å². The van der Waals surface area contributed by atoms with E-state index in [2.05, 4.69) is 125 Å². The molecular weight excluding hydrogens is 769 g/mol. The molecule has 384 valence electrons. The first kappa shape index (κ1) is 62.0. The lowest BCUT2D eigenvalue weighted by Crippen LogP contribution is -2.18. The van der Waals surface area contributed by atoms with Crippen molar-refractivity contribution in [1.29, 1.82) is 0 Å². The van der Waals surface area contributed by atoms with Gasteiger partial charge in [-0.3, -0.25) is 0 Å². The molecule has 0 heteroatoms. The summed E-state index contributed by atoms with van der Waals surface area (Å²) in [5.41, 5.74) is 4.99. The van der Waals surface area contributed by atoms with E-state index in [0.29, 0.717) is 27.1 Å². The summed E-state index contributed by atoms with van der Waals surface area (Å²) in [6, 6.07) is 0. The number of hydrogen-bond acceptors (Lipinski definition) is 0. The van der Waals surface area contributed by atoms with Gasteiger partial charge in [0.1, 0.15) is 0 Å². The molecule has 0 bridgehead atoms. The van der Waals surface area contributed by atoms with Gasteiger partial charge in [0.2, 0.25) is 0 Å².